The van der Waals surface area contributed by atoms with Crippen LogP contribution >= 0.6 is 0 Å². The topological polar surface area (TPSA) is 29.3 Å². The van der Waals surface area contributed by atoms with Crippen LogP contribution in [0.25, 0.3) is 0 Å². The quantitative estimate of drug-likeness (QED) is 0.598. The minimum absolute atomic E-state index is 0.346. The molecule has 1 aliphatic rings. The van der Waals surface area contributed by atoms with Crippen molar-refractivity contribution in [2.24, 2.45) is 5.73 Å². The lowest BCUT2D eigenvalue weighted by molar-refractivity contribution is 0.0550. The Morgan fingerprint density at radius 1 is 0.842 bits per heavy atom. The summed E-state index contributed by atoms with van der Waals surface area (Å²) in [6, 6.07) is 0. The van der Waals surface area contributed by atoms with Gasteiger partial charge in [0.2, 0.25) is 0 Å². The molecule has 0 radical (unpaired) electrons. The second-order valence-corrected chi connectivity index (χ2v) is 6.39. The summed E-state index contributed by atoms with van der Waals surface area (Å²) in [6.45, 7) is 7.97. The molecular weight excluding hydrogens is 232 g/mol. The fourth-order valence-corrected chi connectivity index (χ4v) is 3.62. The van der Waals surface area contributed by atoms with Gasteiger partial charge in [0.25, 0.3) is 0 Å². The van der Waals surface area contributed by atoms with Gasteiger partial charge in [0.1, 0.15) is 0 Å². The molecule has 1 aliphatic carbocycles. The fourth-order valence-electron chi connectivity index (χ4n) is 3.62. The third-order valence-electron chi connectivity index (χ3n) is 4.86. The zero-order chi connectivity index (χ0) is 14.0. The molecule has 0 aromatic carbocycles. The van der Waals surface area contributed by atoms with Crippen molar-refractivity contribution in [3.05, 3.63) is 0 Å². The van der Waals surface area contributed by atoms with Crippen LogP contribution in [0, 0.1) is 0 Å². The third-order valence-corrected chi connectivity index (χ3v) is 4.86. The van der Waals surface area contributed by atoms with E-state index in [0.29, 0.717) is 5.54 Å². The highest BCUT2D eigenvalue weighted by atomic mass is 15.2. The van der Waals surface area contributed by atoms with Gasteiger partial charge >= 0.3 is 0 Å². The summed E-state index contributed by atoms with van der Waals surface area (Å²) in [7, 11) is 0. The summed E-state index contributed by atoms with van der Waals surface area (Å²) in [5.41, 5.74) is 6.53. The Hall–Kier alpha value is -0.0800. The van der Waals surface area contributed by atoms with Crippen LogP contribution in [0.5, 0.6) is 0 Å². The monoisotopic (exact) mass is 268 g/mol. The maximum Gasteiger partial charge on any atom is 0.0331 e. The third kappa shape index (κ3) is 5.43. The average molecular weight is 268 g/mol. The fraction of sp³-hybridized carbons (Fsp3) is 1.00. The van der Waals surface area contributed by atoms with E-state index in [1.54, 1.807) is 0 Å². The Morgan fingerprint density at radius 2 is 1.53 bits per heavy atom. The van der Waals surface area contributed by atoms with E-state index >= 15 is 0 Å². The molecule has 1 rings (SSSR count). The zero-order valence-corrected chi connectivity index (χ0v) is 13.4. The molecule has 1 fully saturated rings. The standard InChI is InChI=1S/C17H36N2/c1-3-5-6-7-11-15-19(14-4-2)17(16-18)12-9-8-10-13-17/h3-16,18H2,1-2H3. The molecule has 0 spiro atoms. The van der Waals surface area contributed by atoms with Crippen LogP contribution in [-0.4, -0.2) is 30.1 Å². The molecule has 0 bridgehead atoms. The number of hydrogen-bond acceptors (Lipinski definition) is 2. The molecule has 0 aromatic heterocycles. The van der Waals surface area contributed by atoms with Gasteiger partial charge in [-0.1, -0.05) is 58.8 Å². The summed E-state index contributed by atoms with van der Waals surface area (Å²) in [4.78, 5) is 2.75. The summed E-state index contributed by atoms with van der Waals surface area (Å²) in [5, 5.41) is 0. The maximum atomic E-state index is 6.18. The van der Waals surface area contributed by atoms with Crippen LogP contribution in [0.15, 0.2) is 0 Å². The van der Waals surface area contributed by atoms with Gasteiger partial charge in [-0.25, -0.2) is 0 Å². The highest BCUT2D eigenvalue weighted by Gasteiger charge is 2.35. The predicted octanol–water partition coefficient (Wildman–Crippen LogP) is 4.33. The zero-order valence-electron chi connectivity index (χ0n) is 13.4. The normalized spacial score (nSPS) is 18.9. The Kier molecular flexibility index (Phi) is 8.72. The van der Waals surface area contributed by atoms with E-state index in [2.05, 4.69) is 18.7 Å². The van der Waals surface area contributed by atoms with Crippen molar-refractivity contribution in [1.82, 2.24) is 4.90 Å². The SMILES string of the molecule is CCCCCCCN(CCC)C1(CN)CCCCC1. The van der Waals surface area contributed by atoms with Gasteiger partial charge in [-0.05, 0) is 38.8 Å². The maximum absolute atomic E-state index is 6.18. The summed E-state index contributed by atoms with van der Waals surface area (Å²) in [5.74, 6) is 0. The smallest absolute Gasteiger partial charge is 0.0331 e. The van der Waals surface area contributed by atoms with Gasteiger partial charge in [-0.2, -0.15) is 0 Å². The molecule has 0 aliphatic heterocycles. The van der Waals surface area contributed by atoms with Crippen LogP contribution in [0.1, 0.15) is 84.5 Å². The molecule has 0 atom stereocenters. The Balaban J connectivity index is 2.44. The number of nitrogens with zero attached hydrogens (tertiary/aromatic N) is 1. The van der Waals surface area contributed by atoms with E-state index in [9.17, 15) is 0 Å². The van der Waals surface area contributed by atoms with Gasteiger partial charge in [-0.15, -0.1) is 0 Å². The molecule has 2 N–H and O–H groups in total. The van der Waals surface area contributed by atoms with Crippen molar-refractivity contribution < 1.29 is 0 Å². The molecule has 0 aromatic rings. The van der Waals surface area contributed by atoms with Crippen molar-refractivity contribution in [1.29, 1.82) is 0 Å². The minimum Gasteiger partial charge on any atom is -0.329 e. The van der Waals surface area contributed by atoms with Crippen molar-refractivity contribution >= 4 is 0 Å². The molecule has 2 heteroatoms. The largest absolute Gasteiger partial charge is 0.329 e. The Labute approximate surface area is 121 Å². The van der Waals surface area contributed by atoms with Crippen LogP contribution in [0.3, 0.4) is 0 Å². The van der Waals surface area contributed by atoms with Gasteiger partial charge < -0.3 is 5.73 Å². The van der Waals surface area contributed by atoms with E-state index in [4.69, 9.17) is 5.73 Å². The van der Waals surface area contributed by atoms with Crippen molar-refractivity contribution in [2.45, 2.75) is 90.0 Å². The lowest BCUT2D eigenvalue weighted by atomic mass is 9.80. The summed E-state index contributed by atoms with van der Waals surface area (Å²) >= 11 is 0. The number of rotatable bonds is 10. The van der Waals surface area contributed by atoms with Crippen LogP contribution in [0.2, 0.25) is 0 Å². The molecule has 0 saturated heterocycles. The van der Waals surface area contributed by atoms with Crippen molar-refractivity contribution in [3.63, 3.8) is 0 Å². The number of unbranched alkanes of at least 4 members (excludes halogenated alkanes) is 4. The van der Waals surface area contributed by atoms with Crippen LogP contribution in [-0.2, 0) is 0 Å². The first-order valence-corrected chi connectivity index (χ1v) is 8.74. The molecule has 19 heavy (non-hydrogen) atoms. The Bertz CT molecular complexity index is 209. The highest BCUT2D eigenvalue weighted by molar-refractivity contribution is 4.94. The molecule has 0 heterocycles. The van der Waals surface area contributed by atoms with E-state index in [0.717, 1.165) is 6.54 Å². The van der Waals surface area contributed by atoms with Crippen molar-refractivity contribution in [2.75, 3.05) is 19.6 Å². The lowest BCUT2D eigenvalue weighted by Gasteiger charge is -2.46. The molecule has 2 nitrogen and oxygen atoms in total. The van der Waals surface area contributed by atoms with Crippen LogP contribution < -0.4 is 5.73 Å². The second kappa shape index (κ2) is 9.77. The molecule has 1 saturated carbocycles. The second-order valence-electron chi connectivity index (χ2n) is 6.39. The van der Waals surface area contributed by atoms with E-state index in [1.807, 2.05) is 0 Å². The van der Waals surface area contributed by atoms with E-state index in [-0.39, 0.29) is 0 Å². The van der Waals surface area contributed by atoms with Gasteiger partial charge in [-0.3, -0.25) is 4.90 Å². The average Bonchev–Trinajstić information content (AvgIpc) is 2.46. The highest BCUT2D eigenvalue weighted by Crippen LogP contribution is 2.33. The molecular formula is C17H36N2. The summed E-state index contributed by atoms with van der Waals surface area (Å²) in [6.07, 6.45) is 15.0. The first-order valence-electron chi connectivity index (χ1n) is 8.74. The Morgan fingerprint density at radius 3 is 2.11 bits per heavy atom. The van der Waals surface area contributed by atoms with Gasteiger partial charge in [0.05, 0.1) is 0 Å². The summed E-state index contributed by atoms with van der Waals surface area (Å²) < 4.78 is 0. The van der Waals surface area contributed by atoms with Gasteiger partial charge in [0, 0.05) is 12.1 Å². The first-order chi connectivity index (χ1) is 9.29. The van der Waals surface area contributed by atoms with Crippen LogP contribution in [0.4, 0.5) is 0 Å². The molecule has 114 valence electrons. The lowest BCUT2D eigenvalue weighted by Crippen LogP contribution is -2.55. The molecule has 0 unspecified atom stereocenters. The first kappa shape index (κ1) is 17.0. The predicted molar refractivity (Wildman–Crippen MR) is 85.5 cm³/mol. The number of hydrogen-bond donors (Lipinski definition) is 1. The molecule has 0 amide bonds. The van der Waals surface area contributed by atoms with Gasteiger partial charge in [0.15, 0.2) is 0 Å². The van der Waals surface area contributed by atoms with Crippen molar-refractivity contribution in [3.8, 4) is 0 Å². The number of nitrogens with two attached hydrogens (primary N) is 1. The minimum atomic E-state index is 0.346. The van der Waals surface area contributed by atoms with E-state index in [1.165, 1.54) is 83.7 Å². The van der Waals surface area contributed by atoms with E-state index < -0.39 is 0 Å².